The molecule has 1 aliphatic carbocycles. The molecule has 0 fully saturated rings. The highest BCUT2D eigenvalue weighted by Gasteiger charge is 2.28. The summed E-state index contributed by atoms with van der Waals surface area (Å²) in [4.78, 5) is 0. The normalized spacial score (nSPS) is 12.2. The minimum Gasteiger partial charge on any atom is -0.488 e. The second kappa shape index (κ2) is 32.8. The Labute approximate surface area is 610 Å². The first-order chi connectivity index (χ1) is 51.0. The van der Waals surface area contributed by atoms with Gasteiger partial charge in [-0.15, -0.1) is 0 Å². The fourth-order valence-electron chi connectivity index (χ4n) is 13.5. The van der Waals surface area contributed by atoms with Gasteiger partial charge in [0.1, 0.15) is 49.4 Å². The average molecular weight is 1350 g/mol. The third-order valence-corrected chi connectivity index (χ3v) is 19.1. The lowest BCUT2D eigenvalue weighted by molar-refractivity contribution is 0.293. The van der Waals surface area contributed by atoms with Crippen LogP contribution in [0.3, 0.4) is 0 Å². The molecule has 13 rings (SSSR count). The summed E-state index contributed by atoms with van der Waals surface area (Å²) >= 11 is 0. The van der Waals surface area contributed by atoms with Crippen LogP contribution in [0.25, 0.3) is 46.6 Å². The summed E-state index contributed by atoms with van der Waals surface area (Å²) < 4.78 is 29.7. The van der Waals surface area contributed by atoms with E-state index in [0.717, 1.165) is 111 Å². The van der Waals surface area contributed by atoms with E-state index in [1.807, 2.05) is 270 Å². The largest absolute Gasteiger partial charge is 0.488 e. The number of hydrogen-bond acceptors (Lipinski definition) is 8. The number of aryl methyl sites for hydroxylation is 4. The Balaban J connectivity index is 1.18. The first kappa shape index (κ1) is 69.2. The van der Waals surface area contributed by atoms with Gasteiger partial charge in [0.2, 0.25) is 0 Å². The van der Waals surface area contributed by atoms with Crippen molar-refractivity contribution in [2.45, 2.75) is 79.8 Å². The Morgan fingerprint density at radius 2 is 0.433 bits per heavy atom. The van der Waals surface area contributed by atoms with Crippen LogP contribution >= 0.6 is 0 Å². The van der Waals surface area contributed by atoms with E-state index in [2.05, 4.69) is 72.8 Å². The summed E-state index contributed by atoms with van der Waals surface area (Å²) in [6, 6.07) is 99.7. The zero-order valence-corrected chi connectivity index (χ0v) is 58.8. The van der Waals surface area contributed by atoms with Crippen LogP contribution < -0.4 is 18.9 Å². The molecular formula is C96H76N4O4. The fraction of sp³-hybridized carbons (Fsp3) is 0.125. The number of ether oxygens (including phenoxy) is 4. The van der Waals surface area contributed by atoms with Gasteiger partial charge in [0.25, 0.3) is 0 Å². The molecule has 8 heteroatoms. The van der Waals surface area contributed by atoms with Crippen LogP contribution in [-0.2, 0) is 52.1 Å². The van der Waals surface area contributed by atoms with Crippen molar-refractivity contribution in [3.05, 3.63) is 400 Å². The van der Waals surface area contributed by atoms with Crippen molar-refractivity contribution >= 4 is 46.6 Å². The van der Waals surface area contributed by atoms with Crippen molar-refractivity contribution in [3.63, 3.8) is 0 Å². The summed E-state index contributed by atoms with van der Waals surface area (Å²) in [7, 11) is 0. The fourth-order valence-corrected chi connectivity index (χ4v) is 13.5. The van der Waals surface area contributed by atoms with E-state index in [-0.39, 0.29) is 52.1 Å². The van der Waals surface area contributed by atoms with E-state index in [1.165, 1.54) is 0 Å². The molecule has 12 aromatic rings. The Morgan fingerprint density at radius 1 is 0.260 bits per heavy atom. The summed E-state index contributed by atoms with van der Waals surface area (Å²) in [5.41, 5.74) is 21.7. The maximum absolute atomic E-state index is 11.6. The molecule has 0 radical (unpaired) electrons. The second-order valence-electron chi connectivity index (χ2n) is 26.4. The van der Waals surface area contributed by atoms with Crippen molar-refractivity contribution < 1.29 is 18.9 Å². The van der Waals surface area contributed by atoms with Gasteiger partial charge in [-0.05, 0) is 234 Å². The molecule has 0 unspecified atom stereocenters. The molecule has 12 aromatic carbocycles. The van der Waals surface area contributed by atoms with Gasteiger partial charge >= 0.3 is 0 Å². The van der Waals surface area contributed by atoms with Gasteiger partial charge in [0, 0.05) is 25.7 Å². The average Bonchev–Trinajstić information content (AvgIpc) is 0.765. The lowest BCUT2D eigenvalue weighted by Crippen LogP contribution is -2.11. The number of allylic oxidation sites excluding steroid dienone is 4. The molecule has 0 spiro atoms. The van der Waals surface area contributed by atoms with Gasteiger partial charge < -0.3 is 18.9 Å². The summed E-state index contributed by atoms with van der Waals surface area (Å²) in [6.45, 7) is 8.94. The molecule has 0 saturated heterocycles. The highest BCUT2D eigenvalue weighted by molar-refractivity contribution is 5.94. The third-order valence-electron chi connectivity index (χ3n) is 19.1. The van der Waals surface area contributed by atoms with Crippen molar-refractivity contribution in [2.24, 2.45) is 0 Å². The van der Waals surface area contributed by atoms with Crippen molar-refractivity contribution in [2.75, 3.05) is 0 Å². The summed E-state index contributed by atoms with van der Waals surface area (Å²) in [6.07, 6.45) is 8.54. The third kappa shape index (κ3) is 16.6. The van der Waals surface area contributed by atoms with Crippen molar-refractivity contribution in [1.29, 1.82) is 21.0 Å². The molecular weight excluding hydrogens is 1270 g/mol. The molecule has 8 bridgehead atoms. The quantitative estimate of drug-likeness (QED) is 0.0544. The van der Waals surface area contributed by atoms with E-state index < -0.39 is 0 Å². The topological polar surface area (TPSA) is 132 Å². The van der Waals surface area contributed by atoms with Gasteiger partial charge in [0.05, 0.1) is 46.6 Å². The molecule has 0 aliphatic heterocycles. The van der Waals surface area contributed by atoms with Gasteiger partial charge in [-0.2, -0.15) is 21.0 Å². The Morgan fingerprint density at radius 3 is 0.606 bits per heavy atom. The predicted octanol–water partition coefficient (Wildman–Crippen LogP) is 22.2. The zero-order chi connectivity index (χ0) is 71.7. The van der Waals surface area contributed by atoms with Crippen LogP contribution in [0, 0.1) is 73.0 Å². The van der Waals surface area contributed by atoms with Crippen LogP contribution in [-0.4, -0.2) is 0 Å². The number of benzene rings is 12. The SMILES string of the molecule is Cc1ccccc1/C=C(\C#N)c1cc2c(OCc3ccccc3)c(c1)Cc1cc(/C(C#N)=C/c3ccccc3C)cc(c1OCc1ccccc1)Cc1cc(/C(C#N)=C/c3ccccc3C)cc(c1OCc1ccccc1)Cc1cc(/C(C#N)=C/c3ccccc3C)cc(c1OCc1ccccc1)C2. The molecule has 104 heavy (non-hydrogen) atoms. The summed E-state index contributed by atoms with van der Waals surface area (Å²) in [5.74, 6) is 2.34. The minimum atomic E-state index is 0.183. The lowest BCUT2D eigenvalue weighted by Gasteiger charge is -2.25. The number of nitriles is 4. The molecule has 8 nitrogen and oxygen atoms in total. The molecule has 1 aliphatic rings. The van der Waals surface area contributed by atoms with E-state index in [4.69, 9.17) is 18.9 Å². The van der Waals surface area contributed by atoms with Crippen LogP contribution in [0.15, 0.2) is 267 Å². The predicted molar refractivity (Wildman–Crippen MR) is 419 cm³/mol. The van der Waals surface area contributed by atoms with Crippen molar-refractivity contribution in [1.82, 2.24) is 0 Å². The van der Waals surface area contributed by atoms with Gasteiger partial charge in [-0.3, -0.25) is 0 Å². The van der Waals surface area contributed by atoms with Crippen LogP contribution in [0.1, 0.15) is 134 Å². The van der Waals surface area contributed by atoms with Crippen molar-refractivity contribution in [3.8, 4) is 47.3 Å². The van der Waals surface area contributed by atoms with E-state index in [1.54, 1.807) is 0 Å². The lowest BCUT2D eigenvalue weighted by atomic mass is 9.85. The van der Waals surface area contributed by atoms with Gasteiger partial charge in [-0.25, -0.2) is 0 Å². The standard InChI is InChI=1S/C96H76N4O4/c1-65-25-17-21-37-73(65)41-89(57-97)77-45-81-53-83-47-78(90(58-98)42-74-38-22-18-26-66(74)2)49-85(94(83)102-62-70-31-11-6-12-32-70)55-87-51-80(92(60-100)44-76-40-24-20-28-68(76)4)52-88(96(87)104-64-72-35-15-8-16-36-72)56-86-50-79(91(59-99)43-75-39-23-19-27-67(75)3)48-84(95(86)103-63-71-33-13-7-14-34-71)54-82(46-77)93(81)101-61-69-29-9-5-10-30-69/h5-52H,53-56,61-64H2,1-4H3/b89-41+,90-42+,91-43+,92-44+. The Kier molecular flexibility index (Phi) is 21.9. The summed E-state index contributed by atoms with van der Waals surface area (Å²) in [5, 5.41) is 46.4. The molecule has 504 valence electrons. The van der Waals surface area contributed by atoms with Crippen LogP contribution in [0.5, 0.6) is 23.0 Å². The molecule has 0 heterocycles. The molecule has 0 saturated carbocycles. The van der Waals surface area contributed by atoms with Crippen LogP contribution in [0.4, 0.5) is 0 Å². The Hall–Kier alpha value is -13.2. The van der Waals surface area contributed by atoms with Gasteiger partial charge in [-0.1, -0.05) is 218 Å². The number of nitrogens with zero attached hydrogens (tertiary/aromatic N) is 4. The number of rotatable bonds is 20. The molecule has 0 amide bonds. The van der Waals surface area contributed by atoms with Crippen LogP contribution in [0.2, 0.25) is 0 Å². The maximum Gasteiger partial charge on any atom is 0.126 e. The number of fused-ring (bicyclic) bond motifs is 8. The second-order valence-corrected chi connectivity index (χ2v) is 26.4. The van der Waals surface area contributed by atoms with E-state index in [0.29, 0.717) is 67.5 Å². The minimum absolute atomic E-state index is 0.183. The van der Waals surface area contributed by atoms with Gasteiger partial charge in [0.15, 0.2) is 0 Å². The Bertz CT molecular complexity index is 4690. The smallest absolute Gasteiger partial charge is 0.126 e. The van der Waals surface area contributed by atoms with E-state index in [9.17, 15) is 21.0 Å². The highest BCUT2D eigenvalue weighted by Crippen LogP contribution is 2.45. The first-order valence-corrected chi connectivity index (χ1v) is 35.0. The monoisotopic (exact) mass is 1350 g/mol. The zero-order valence-electron chi connectivity index (χ0n) is 58.8. The molecule has 0 aromatic heterocycles. The highest BCUT2D eigenvalue weighted by atomic mass is 16.5. The maximum atomic E-state index is 11.6. The molecule has 0 N–H and O–H groups in total. The molecule has 0 atom stereocenters. The first-order valence-electron chi connectivity index (χ1n) is 35.0. The number of hydrogen-bond donors (Lipinski definition) is 0. The van der Waals surface area contributed by atoms with E-state index >= 15 is 0 Å².